The highest BCUT2D eigenvalue weighted by Crippen LogP contribution is 2.19. The first kappa shape index (κ1) is 14.5. The monoisotopic (exact) mass is 276 g/mol. The summed E-state index contributed by atoms with van der Waals surface area (Å²) in [5, 5.41) is 19.6. The van der Waals surface area contributed by atoms with Crippen molar-refractivity contribution in [3.05, 3.63) is 41.8 Å². The van der Waals surface area contributed by atoms with Crippen molar-refractivity contribution < 1.29 is 9.52 Å². The van der Waals surface area contributed by atoms with E-state index in [4.69, 9.17) is 15.3 Å². The molecule has 2 rings (SSSR count). The molecule has 0 saturated heterocycles. The fourth-order valence-electron chi connectivity index (χ4n) is 1.84. The number of hydrogen-bond acceptors (Lipinski definition) is 6. The van der Waals surface area contributed by atoms with Crippen LogP contribution in [-0.4, -0.2) is 28.5 Å². The second-order valence-electron chi connectivity index (χ2n) is 4.54. The summed E-state index contributed by atoms with van der Waals surface area (Å²) in [7, 11) is 0. The van der Waals surface area contributed by atoms with Crippen LogP contribution in [0.1, 0.15) is 36.8 Å². The Bertz CT molecular complexity index is 501. The first-order valence-corrected chi connectivity index (χ1v) is 6.80. The van der Waals surface area contributed by atoms with E-state index < -0.39 is 6.04 Å². The van der Waals surface area contributed by atoms with Crippen LogP contribution in [0.25, 0.3) is 0 Å². The van der Waals surface area contributed by atoms with E-state index in [9.17, 15) is 0 Å². The zero-order valence-electron chi connectivity index (χ0n) is 11.3. The predicted molar refractivity (Wildman–Crippen MR) is 76.2 cm³/mol. The number of nitrogens with two attached hydrogens (primary N) is 1. The molecule has 1 aromatic heterocycles. The Labute approximate surface area is 118 Å². The van der Waals surface area contributed by atoms with Crippen LogP contribution in [0.3, 0.4) is 0 Å². The average molecular weight is 276 g/mol. The number of anilines is 1. The number of aliphatic hydroxyl groups excluding tert-OH is 1. The Kier molecular flexibility index (Phi) is 5.52. The molecule has 108 valence electrons. The van der Waals surface area contributed by atoms with Crippen LogP contribution in [-0.2, 0) is 0 Å². The van der Waals surface area contributed by atoms with Gasteiger partial charge in [0.1, 0.15) is 6.04 Å². The van der Waals surface area contributed by atoms with Crippen molar-refractivity contribution in [2.45, 2.75) is 25.3 Å². The third-order valence-corrected chi connectivity index (χ3v) is 2.98. The molecule has 0 spiro atoms. The van der Waals surface area contributed by atoms with Crippen LogP contribution in [0.5, 0.6) is 0 Å². The molecule has 0 aliphatic carbocycles. The van der Waals surface area contributed by atoms with Crippen molar-refractivity contribution >= 4 is 6.01 Å². The van der Waals surface area contributed by atoms with Gasteiger partial charge in [-0.05, 0) is 24.8 Å². The second-order valence-corrected chi connectivity index (χ2v) is 4.54. The Morgan fingerprint density at radius 2 is 1.95 bits per heavy atom. The SMILES string of the molecule is N[C@H](c1ccccc1)c1nnc(NCCCCCO)o1. The number of nitrogens with zero attached hydrogens (tertiary/aromatic N) is 2. The van der Waals surface area contributed by atoms with Crippen molar-refractivity contribution in [3.8, 4) is 0 Å². The van der Waals surface area contributed by atoms with E-state index in [0.717, 1.165) is 31.4 Å². The number of hydrogen-bond donors (Lipinski definition) is 3. The van der Waals surface area contributed by atoms with Crippen molar-refractivity contribution in [1.82, 2.24) is 10.2 Å². The Morgan fingerprint density at radius 3 is 2.70 bits per heavy atom. The number of aromatic nitrogens is 2. The van der Waals surface area contributed by atoms with Gasteiger partial charge in [-0.3, -0.25) is 0 Å². The lowest BCUT2D eigenvalue weighted by Gasteiger charge is -2.06. The molecule has 20 heavy (non-hydrogen) atoms. The molecule has 0 bridgehead atoms. The molecule has 1 heterocycles. The summed E-state index contributed by atoms with van der Waals surface area (Å²) in [4.78, 5) is 0. The summed E-state index contributed by atoms with van der Waals surface area (Å²) >= 11 is 0. The van der Waals surface area contributed by atoms with Crippen LogP contribution >= 0.6 is 0 Å². The van der Waals surface area contributed by atoms with Gasteiger partial charge in [-0.25, -0.2) is 0 Å². The van der Waals surface area contributed by atoms with Gasteiger partial charge < -0.3 is 20.6 Å². The van der Waals surface area contributed by atoms with E-state index in [1.54, 1.807) is 0 Å². The molecule has 2 aromatic rings. The van der Waals surface area contributed by atoms with Crippen LogP contribution in [0.15, 0.2) is 34.7 Å². The fourth-order valence-corrected chi connectivity index (χ4v) is 1.84. The number of unbranched alkanes of at least 4 members (excludes halogenated alkanes) is 2. The molecule has 6 heteroatoms. The number of nitrogens with one attached hydrogen (secondary N) is 1. The Balaban J connectivity index is 1.85. The molecule has 0 fully saturated rings. The Morgan fingerprint density at radius 1 is 1.15 bits per heavy atom. The lowest BCUT2D eigenvalue weighted by molar-refractivity contribution is 0.283. The number of benzene rings is 1. The average Bonchev–Trinajstić information content (AvgIpc) is 2.96. The minimum Gasteiger partial charge on any atom is -0.406 e. The van der Waals surface area contributed by atoms with Gasteiger partial charge in [-0.15, -0.1) is 5.10 Å². The van der Waals surface area contributed by atoms with Gasteiger partial charge in [0.15, 0.2) is 0 Å². The summed E-state index contributed by atoms with van der Waals surface area (Å²) < 4.78 is 5.50. The summed E-state index contributed by atoms with van der Waals surface area (Å²) in [5.41, 5.74) is 7.01. The van der Waals surface area contributed by atoms with Crippen molar-refractivity contribution in [3.63, 3.8) is 0 Å². The van der Waals surface area contributed by atoms with E-state index >= 15 is 0 Å². The highest BCUT2D eigenvalue weighted by atomic mass is 16.4. The van der Waals surface area contributed by atoms with Crippen LogP contribution < -0.4 is 11.1 Å². The van der Waals surface area contributed by atoms with Gasteiger partial charge in [-0.1, -0.05) is 35.4 Å². The minimum atomic E-state index is -0.409. The molecule has 0 aliphatic rings. The molecule has 1 atom stereocenters. The summed E-state index contributed by atoms with van der Waals surface area (Å²) in [6, 6.07) is 9.61. The van der Waals surface area contributed by atoms with Crippen LogP contribution in [0.2, 0.25) is 0 Å². The van der Waals surface area contributed by atoms with Gasteiger partial charge in [0.25, 0.3) is 0 Å². The molecule has 0 saturated carbocycles. The predicted octanol–water partition coefficient (Wildman–Crippen LogP) is 1.69. The van der Waals surface area contributed by atoms with E-state index in [1.807, 2.05) is 30.3 Å². The zero-order valence-corrected chi connectivity index (χ0v) is 11.3. The van der Waals surface area contributed by atoms with E-state index in [2.05, 4.69) is 15.5 Å². The third-order valence-electron chi connectivity index (χ3n) is 2.98. The summed E-state index contributed by atoms with van der Waals surface area (Å²) in [5.74, 6) is 0.397. The lowest BCUT2D eigenvalue weighted by atomic mass is 10.1. The maximum Gasteiger partial charge on any atom is 0.315 e. The largest absolute Gasteiger partial charge is 0.406 e. The van der Waals surface area contributed by atoms with E-state index in [-0.39, 0.29) is 6.61 Å². The van der Waals surface area contributed by atoms with Gasteiger partial charge >= 0.3 is 6.01 Å². The van der Waals surface area contributed by atoms with Crippen molar-refractivity contribution in [1.29, 1.82) is 0 Å². The minimum absolute atomic E-state index is 0.233. The quantitative estimate of drug-likeness (QED) is 0.635. The van der Waals surface area contributed by atoms with Gasteiger partial charge in [0.2, 0.25) is 5.89 Å². The van der Waals surface area contributed by atoms with Crippen molar-refractivity contribution in [2.75, 3.05) is 18.5 Å². The number of aliphatic hydroxyl groups is 1. The maximum absolute atomic E-state index is 8.68. The Hall–Kier alpha value is -1.92. The van der Waals surface area contributed by atoms with Gasteiger partial charge in [-0.2, -0.15) is 0 Å². The molecule has 1 aromatic carbocycles. The molecule has 6 nitrogen and oxygen atoms in total. The molecule has 0 radical (unpaired) electrons. The zero-order chi connectivity index (χ0) is 14.2. The van der Waals surface area contributed by atoms with Crippen LogP contribution in [0, 0.1) is 0 Å². The molecular formula is C14H20N4O2. The first-order chi connectivity index (χ1) is 9.81. The van der Waals surface area contributed by atoms with E-state index in [1.165, 1.54) is 0 Å². The highest BCUT2D eigenvalue weighted by molar-refractivity contribution is 5.25. The lowest BCUT2D eigenvalue weighted by Crippen LogP contribution is -2.12. The van der Waals surface area contributed by atoms with Gasteiger partial charge in [0, 0.05) is 13.2 Å². The first-order valence-electron chi connectivity index (χ1n) is 6.80. The highest BCUT2D eigenvalue weighted by Gasteiger charge is 2.15. The van der Waals surface area contributed by atoms with Gasteiger partial charge in [0.05, 0.1) is 0 Å². The molecule has 0 aliphatic heterocycles. The normalized spacial score (nSPS) is 12.3. The van der Waals surface area contributed by atoms with Crippen LogP contribution in [0.4, 0.5) is 6.01 Å². The summed E-state index contributed by atoms with van der Waals surface area (Å²) in [6.45, 7) is 0.971. The standard InChI is InChI=1S/C14H20N4O2/c15-12(11-7-3-1-4-8-11)13-17-18-14(20-13)16-9-5-2-6-10-19/h1,3-4,7-8,12,19H,2,5-6,9-10,15H2,(H,16,18)/t12-/m1/s1. The maximum atomic E-state index is 8.68. The molecule has 4 N–H and O–H groups in total. The molecular weight excluding hydrogens is 256 g/mol. The topological polar surface area (TPSA) is 97.2 Å². The van der Waals surface area contributed by atoms with Crippen molar-refractivity contribution in [2.24, 2.45) is 5.73 Å². The molecule has 0 unspecified atom stereocenters. The van der Waals surface area contributed by atoms with E-state index in [0.29, 0.717) is 11.9 Å². The molecule has 0 amide bonds. The smallest absolute Gasteiger partial charge is 0.315 e. The number of rotatable bonds is 8. The second kappa shape index (κ2) is 7.62. The summed E-state index contributed by atoms with van der Waals surface area (Å²) in [6.07, 6.45) is 2.73. The third kappa shape index (κ3) is 4.04. The fraction of sp³-hybridized carbons (Fsp3) is 0.429.